The molecule has 0 aromatic heterocycles. The number of ether oxygens (including phenoxy) is 1. The average Bonchev–Trinajstić information content (AvgIpc) is 1.82. The van der Waals surface area contributed by atoms with Gasteiger partial charge in [0.05, 0.1) is 0 Å². The van der Waals surface area contributed by atoms with Gasteiger partial charge in [0, 0.05) is 0 Å². The van der Waals surface area contributed by atoms with Crippen molar-refractivity contribution in [2.45, 2.75) is 38.2 Å². The summed E-state index contributed by atoms with van der Waals surface area (Å²) in [6.45, 7) is 6.11. The SMILES string of the molecule is CC(C)(C)OC(=O)C(C)(N)S(=O)O. The van der Waals surface area contributed by atoms with Gasteiger partial charge in [0.15, 0.2) is 11.1 Å². The highest BCUT2D eigenvalue weighted by atomic mass is 32.2. The Morgan fingerprint density at radius 1 is 1.38 bits per heavy atom. The molecule has 2 atom stereocenters. The van der Waals surface area contributed by atoms with Crippen molar-refractivity contribution in [3.8, 4) is 0 Å². The third kappa shape index (κ3) is 3.84. The second kappa shape index (κ2) is 3.73. The van der Waals surface area contributed by atoms with Crippen molar-refractivity contribution in [3.63, 3.8) is 0 Å². The zero-order valence-corrected chi connectivity index (χ0v) is 8.97. The number of hydrogen-bond donors (Lipinski definition) is 2. The van der Waals surface area contributed by atoms with E-state index in [4.69, 9.17) is 15.0 Å². The van der Waals surface area contributed by atoms with Gasteiger partial charge in [-0.3, -0.25) is 0 Å². The minimum Gasteiger partial charge on any atom is -0.458 e. The van der Waals surface area contributed by atoms with Crippen LogP contribution in [0.4, 0.5) is 0 Å². The van der Waals surface area contributed by atoms with Crippen molar-refractivity contribution < 1.29 is 18.3 Å². The van der Waals surface area contributed by atoms with Crippen LogP contribution in [0.15, 0.2) is 0 Å². The highest BCUT2D eigenvalue weighted by molar-refractivity contribution is 7.81. The second-order valence-corrected chi connectivity index (χ2v) is 5.20. The molecule has 6 heteroatoms. The van der Waals surface area contributed by atoms with Crippen LogP contribution in [0.3, 0.4) is 0 Å². The van der Waals surface area contributed by atoms with Gasteiger partial charge in [-0.15, -0.1) is 0 Å². The zero-order chi connectivity index (χ0) is 10.9. The van der Waals surface area contributed by atoms with E-state index in [1.54, 1.807) is 20.8 Å². The molecule has 0 aliphatic rings. The van der Waals surface area contributed by atoms with Gasteiger partial charge >= 0.3 is 5.97 Å². The minimum atomic E-state index is -2.44. The molecule has 0 aromatic carbocycles. The lowest BCUT2D eigenvalue weighted by Gasteiger charge is -2.25. The summed E-state index contributed by atoms with van der Waals surface area (Å²) >= 11 is -2.44. The van der Waals surface area contributed by atoms with Crippen molar-refractivity contribution in [2.75, 3.05) is 0 Å². The van der Waals surface area contributed by atoms with Gasteiger partial charge in [-0.2, -0.15) is 0 Å². The number of esters is 1. The van der Waals surface area contributed by atoms with E-state index >= 15 is 0 Å². The Hall–Kier alpha value is -0.460. The first-order chi connectivity index (χ1) is 5.57. The summed E-state index contributed by atoms with van der Waals surface area (Å²) < 4.78 is 24.2. The standard InChI is InChI=1S/C7H15NO4S/c1-6(2,3)12-5(9)7(4,8)13(10)11/h8H2,1-4H3,(H,10,11). The molecule has 13 heavy (non-hydrogen) atoms. The Morgan fingerprint density at radius 2 is 1.77 bits per heavy atom. The van der Waals surface area contributed by atoms with Crippen LogP contribution in [0.1, 0.15) is 27.7 Å². The molecule has 0 bridgehead atoms. The molecular weight excluding hydrogens is 194 g/mol. The summed E-state index contributed by atoms with van der Waals surface area (Å²) in [6.07, 6.45) is 0. The first-order valence-electron chi connectivity index (χ1n) is 3.70. The number of carbonyl (C=O) groups excluding carboxylic acids is 1. The normalized spacial score (nSPS) is 18.9. The molecule has 0 aliphatic heterocycles. The Labute approximate surface area is 79.9 Å². The smallest absolute Gasteiger partial charge is 0.342 e. The Balaban J connectivity index is 4.53. The van der Waals surface area contributed by atoms with Crippen molar-refractivity contribution >= 4 is 17.0 Å². The van der Waals surface area contributed by atoms with Gasteiger partial charge < -0.3 is 15.0 Å². The van der Waals surface area contributed by atoms with Crippen LogP contribution < -0.4 is 5.73 Å². The molecule has 0 aromatic rings. The number of hydrogen-bond acceptors (Lipinski definition) is 4. The molecule has 5 nitrogen and oxygen atoms in total. The average molecular weight is 209 g/mol. The molecule has 0 radical (unpaired) electrons. The van der Waals surface area contributed by atoms with E-state index in [1.165, 1.54) is 0 Å². The van der Waals surface area contributed by atoms with Crippen LogP contribution in [0.25, 0.3) is 0 Å². The molecule has 0 aliphatic carbocycles. The maximum atomic E-state index is 11.2. The highest BCUT2D eigenvalue weighted by Gasteiger charge is 2.38. The van der Waals surface area contributed by atoms with Gasteiger partial charge in [-0.1, -0.05) is 0 Å². The van der Waals surface area contributed by atoms with E-state index < -0.39 is 27.5 Å². The van der Waals surface area contributed by atoms with Gasteiger partial charge in [0.2, 0.25) is 4.87 Å². The Bertz CT molecular complexity index is 231. The van der Waals surface area contributed by atoms with Crippen LogP contribution in [0, 0.1) is 0 Å². The minimum absolute atomic E-state index is 0.711. The third-order valence-corrected chi connectivity index (χ3v) is 2.06. The van der Waals surface area contributed by atoms with E-state index in [1.807, 2.05) is 0 Å². The molecular formula is C7H15NO4S. The lowest BCUT2D eigenvalue weighted by molar-refractivity contribution is -0.157. The third-order valence-electron chi connectivity index (χ3n) is 1.17. The highest BCUT2D eigenvalue weighted by Crippen LogP contribution is 2.14. The van der Waals surface area contributed by atoms with Crippen molar-refractivity contribution in [2.24, 2.45) is 5.73 Å². The summed E-state index contributed by atoms with van der Waals surface area (Å²) in [5.74, 6) is -0.888. The Kier molecular flexibility index (Phi) is 3.60. The summed E-state index contributed by atoms with van der Waals surface area (Å²) in [6, 6.07) is 0. The number of rotatable bonds is 2. The van der Waals surface area contributed by atoms with Gasteiger partial charge in [-0.25, -0.2) is 9.00 Å². The lowest BCUT2D eigenvalue weighted by atomic mass is 10.2. The lowest BCUT2D eigenvalue weighted by Crippen LogP contribution is -2.51. The molecule has 3 N–H and O–H groups in total. The van der Waals surface area contributed by atoms with Crippen LogP contribution >= 0.6 is 0 Å². The quantitative estimate of drug-likeness (QED) is 0.501. The van der Waals surface area contributed by atoms with E-state index in [-0.39, 0.29) is 0 Å². The van der Waals surface area contributed by atoms with Gasteiger partial charge in [0.1, 0.15) is 5.60 Å². The monoisotopic (exact) mass is 209 g/mol. The van der Waals surface area contributed by atoms with Gasteiger partial charge in [-0.05, 0) is 27.7 Å². The summed E-state index contributed by atoms with van der Waals surface area (Å²) in [5, 5.41) is 0. The fourth-order valence-corrected chi connectivity index (χ4v) is 0.635. The molecule has 78 valence electrons. The van der Waals surface area contributed by atoms with E-state index in [2.05, 4.69) is 0 Å². The van der Waals surface area contributed by atoms with Crippen molar-refractivity contribution in [3.05, 3.63) is 0 Å². The fourth-order valence-electron chi connectivity index (χ4n) is 0.451. The summed E-state index contributed by atoms with van der Waals surface area (Å²) in [5.41, 5.74) is 4.57. The molecule has 0 spiro atoms. The second-order valence-electron chi connectivity index (χ2n) is 3.86. The van der Waals surface area contributed by atoms with Gasteiger partial charge in [0.25, 0.3) is 0 Å². The zero-order valence-electron chi connectivity index (χ0n) is 8.16. The van der Waals surface area contributed by atoms with E-state index in [0.717, 1.165) is 6.92 Å². The largest absolute Gasteiger partial charge is 0.458 e. The molecule has 0 amide bonds. The van der Waals surface area contributed by atoms with E-state index in [9.17, 15) is 9.00 Å². The molecule has 0 saturated heterocycles. The fraction of sp³-hybridized carbons (Fsp3) is 0.857. The van der Waals surface area contributed by atoms with Crippen LogP contribution in [0.5, 0.6) is 0 Å². The molecule has 0 rings (SSSR count). The van der Waals surface area contributed by atoms with Crippen LogP contribution in [-0.4, -0.2) is 25.2 Å². The van der Waals surface area contributed by atoms with Crippen LogP contribution in [-0.2, 0) is 20.6 Å². The Morgan fingerprint density at radius 3 is 2.00 bits per heavy atom. The summed E-state index contributed by atoms with van der Waals surface area (Å²) in [4.78, 5) is 9.35. The maximum Gasteiger partial charge on any atom is 0.342 e. The molecule has 2 unspecified atom stereocenters. The number of nitrogens with two attached hydrogens (primary N) is 1. The predicted octanol–water partition coefficient (Wildman–Crippen LogP) is 0.225. The van der Waals surface area contributed by atoms with Crippen molar-refractivity contribution in [1.29, 1.82) is 0 Å². The molecule has 0 heterocycles. The topological polar surface area (TPSA) is 89.6 Å². The van der Waals surface area contributed by atoms with Crippen molar-refractivity contribution in [1.82, 2.24) is 0 Å². The molecule has 0 saturated carbocycles. The first kappa shape index (κ1) is 12.5. The molecule has 0 fully saturated rings. The van der Waals surface area contributed by atoms with E-state index in [0.29, 0.717) is 0 Å². The first-order valence-corrected chi connectivity index (χ1v) is 4.81. The number of carbonyl (C=O) groups is 1. The predicted molar refractivity (Wildman–Crippen MR) is 49.2 cm³/mol. The van der Waals surface area contributed by atoms with Crippen LogP contribution in [0.2, 0.25) is 0 Å². The summed E-state index contributed by atoms with van der Waals surface area (Å²) in [7, 11) is 0. The maximum absolute atomic E-state index is 11.2.